The van der Waals surface area contributed by atoms with E-state index in [1.165, 1.54) is 18.4 Å². The highest BCUT2D eigenvalue weighted by molar-refractivity contribution is 6.32. The van der Waals surface area contributed by atoms with Gasteiger partial charge in [-0.05, 0) is 66.6 Å². The number of ether oxygens (including phenoxy) is 3. The van der Waals surface area contributed by atoms with Crippen LogP contribution in [0.4, 0.5) is 0 Å². The van der Waals surface area contributed by atoms with Crippen molar-refractivity contribution in [3.8, 4) is 17.2 Å². The molecule has 0 saturated heterocycles. The van der Waals surface area contributed by atoms with Crippen LogP contribution in [0.2, 0.25) is 5.02 Å². The summed E-state index contributed by atoms with van der Waals surface area (Å²) in [4.78, 5) is 24.3. The highest BCUT2D eigenvalue weighted by atomic mass is 35.5. The number of aliphatic carboxylic acids is 1. The predicted molar refractivity (Wildman–Crippen MR) is 139 cm³/mol. The number of hydrogen-bond acceptors (Lipinski definition) is 5. The number of hydrogen-bond donors (Lipinski definition) is 2. The third-order valence-electron chi connectivity index (χ3n) is 6.77. The lowest BCUT2D eigenvalue weighted by Gasteiger charge is -2.24. The number of benzene rings is 3. The van der Waals surface area contributed by atoms with Gasteiger partial charge in [0.2, 0.25) is 0 Å². The quantitative estimate of drug-likeness (QED) is 0.340. The first-order valence-corrected chi connectivity index (χ1v) is 12.7. The molecule has 0 aromatic heterocycles. The van der Waals surface area contributed by atoms with E-state index in [1.807, 2.05) is 0 Å². The minimum Gasteiger partial charge on any atom is -0.493 e. The van der Waals surface area contributed by atoms with Crippen LogP contribution in [-0.2, 0) is 16.0 Å². The number of halogens is 1. The van der Waals surface area contributed by atoms with Crippen LogP contribution >= 0.6 is 11.6 Å². The Balaban J connectivity index is 1.21. The van der Waals surface area contributed by atoms with Gasteiger partial charge in [-0.2, -0.15) is 0 Å². The van der Waals surface area contributed by atoms with E-state index in [0.717, 1.165) is 5.56 Å². The zero-order valence-corrected chi connectivity index (χ0v) is 21.2. The van der Waals surface area contributed by atoms with Gasteiger partial charge in [-0.3, -0.25) is 9.59 Å². The van der Waals surface area contributed by atoms with E-state index in [2.05, 4.69) is 29.6 Å². The minimum atomic E-state index is -0.912. The molecule has 1 saturated carbocycles. The molecule has 0 spiro atoms. The number of rotatable bonds is 9. The van der Waals surface area contributed by atoms with Crippen molar-refractivity contribution in [1.82, 2.24) is 5.32 Å². The Morgan fingerprint density at radius 1 is 1.08 bits per heavy atom. The number of nitrogens with one attached hydrogen (secondary N) is 1. The Bertz CT molecular complexity index is 1290. The summed E-state index contributed by atoms with van der Waals surface area (Å²) < 4.78 is 17.0. The lowest BCUT2D eigenvalue weighted by molar-refractivity contribution is -0.139. The van der Waals surface area contributed by atoms with Crippen LogP contribution < -0.4 is 14.8 Å². The van der Waals surface area contributed by atoms with Crippen molar-refractivity contribution in [3.63, 3.8) is 0 Å². The Kier molecular flexibility index (Phi) is 7.35. The molecule has 2 N–H and O–H groups in total. The minimum absolute atomic E-state index is 0.257. The van der Waals surface area contributed by atoms with Crippen LogP contribution in [-0.4, -0.2) is 36.9 Å². The highest BCUT2D eigenvalue weighted by Crippen LogP contribution is 2.42. The van der Waals surface area contributed by atoms with Gasteiger partial charge in [0.05, 0.1) is 17.5 Å². The zero-order valence-electron chi connectivity index (χ0n) is 20.4. The predicted octanol–water partition coefficient (Wildman–Crippen LogP) is 5.91. The maximum atomic E-state index is 12.8. The van der Waals surface area contributed by atoms with Gasteiger partial charge in [0, 0.05) is 30.7 Å². The average molecular weight is 522 g/mol. The maximum absolute atomic E-state index is 12.8. The summed E-state index contributed by atoms with van der Waals surface area (Å²) in [6.45, 7) is 0.309. The molecule has 37 heavy (non-hydrogen) atoms. The molecule has 192 valence electrons. The monoisotopic (exact) mass is 521 g/mol. The van der Waals surface area contributed by atoms with Gasteiger partial charge in [-0.1, -0.05) is 35.9 Å². The molecule has 1 aliphatic heterocycles. The van der Waals surface area contributed by atoms with Crippen molar-refractivity contribution >= 4 is 23.5 Å². The molecule has 2 aliphatic rings. The molecule has 8 heteroatoms. The lowest BCUT2D eigenvalue weighted by atomic mass is 9.93. The smallest absolute Gasteiger partial charge is 0.311 e. The van der Waals surface area contributed by atoms with Crippen molar-refractivity contribution in [2.24, 2.45) is 0 Å². The Labute approximate surface area is 220 Å². The molecular weight excluding hydrogens is 494 g/mol. The first kappa shape index (κ1) is 25.1. The Hall–Kier alpha value is -3.55. The van der Waals surface area contributed by atoms with Crippen LogP contribution in [0.15, 0.2) is 60.7 Å². The highest BCUT2D eigenvalue weighted by Gasteiger charge is 2.29. The van der Waals surface area contributed by atoms with Crippen LogP contribution in [0.1, 0.15) is 58.1 Å². The Morgan fingerprint density at radius 3 is 2.46 bits per heavy atom. The van der Waals surface area contributed by atoms with Gasteiger partial charge in [-0.15, -0.1) is 0 Å². The van der Waals surface area contributed by atoms with E-state index in [1.54, 1.807) is 43.5 Å². The first-order valence-electron chi connectivity index (χ1n) is 12.3. The molecule has 1 fully saturated rings. The van der Waals surface area contributed by atoms with Crippen LogP contribution in [0.5, 0.6) is 17.2 Å². The van der Waals surface area contributed by atoms with E-state index in [4.69, 9.17) is 25.8 Å². The van der Waals surface area contributed by atoms with Gasteiger partial charge in [-0.25, -0.2) is 0 Å². The molecule has 1 aliphatic carbocycles. The maximum Gasteiger partial charge on any atom is 0.311 e. The van der Waals surface area contributed by atoms with E-state index >= 15 is 0 Å². The summed E-state index contributed by atoms with van der Waals surface area (Å²) >= 11 is 6.38. The van der Waals surface area contributed by atoms with Crippen LogP contribution in [0.25, 0.3) is 0 Å². The van der Waals surface area contributed by atoms with Crippen molar-refractivity contribution in [3.05, 3.63) is 87.9 Å². The van der Waals surface area contributed by atoms with E-state index in [-0.39, 0.29) is 10.9 Å². The number of carboxylic acid groups (broad SMARTS) is 1. The second-order valence-electron chi connectivity index (χ2n) is 9.39. The largest absolute Gasteiger partial charge is 0.493 e. The van der Waals surface area contributed by atoms with E-state index in [9.17, 15) is 14.7 Å². The van der Waals surface area contributed by atoms with Crippen molar-refractivity contribution in [1.29, 1.82) is 0 Å². The molecule has 1 heterocycles. The van der Waals surface area contributed by atoms with Crippen molar-refractivity contribution in [2.45, 2.75) is 43.7 Å². The fraction of sp³-hybridized carbons (Fsp3) is 0.310. The van der Waals surface area contributed by atoms with Crippen LogP contribution in [0.3, 0.4) is 0 Å². The normalized spacial score (nSPS) is 17.3. The topological polar surface area (TPSA) is 94.1 Å². The number of methoxy groups -OCH3 is 1. The Morgan fingerprint density at radius 2 is 1.81 bits per heavy atom. The molecule has 0 radical (unpaired) electrons. The fourth-order valence-electron chi connectivity index (χ4n) is 4.51. The fourth-order valence-corrected chi connectivity index (χ4v) is 4.72. The molecule has 7 nitrogen and oxygen atoms in total. The number of carbonyl (C=O) groups excluding carboxylic acids is 1. The summed E-state index contributed by atoms with van der Waals surface area (Å²) in [5, 5.41) is 12.7. The SMILES string of the molecule is COC(Cc1ccc(C2CC2)cc1)NC(=O)c1ccc(Oc2cc3c(cc2Cl)C(C(=O)O)CCO3)cc1. The lowest BCUT2D eigenvalue weighted by Crippen LogP contribution is -2.37. The number of amides is 1. The van der Waals surface area contributed by atoms with Crippen molar-refractivity contribution in [2.75, 3.05) is 13.7 Å². The standard InChI is InChI=1S/C29H28ClNO6/c1-35-27(14-17-2-4-18(5-3-17)19-6-7-19)31-28(32)20-8-10-21(11-9-20)37-26-16-25-23(15-24(26)30)22(29(33)34)12-13-36-25/h2-5,8-11,15-16,19,22,27H,6-7,12-14H2,1H3,(H,31,32)(H,33,34). The summed E-state index contributed by atoms with van der Waals surface area (Å²) in [6.07, 6.45) is 3.03. The molecule has 2 unspecified atom stereocenters. The first-order chi connectivity index (χ1) is 17.9. The average Bonchev–Trinajstić information content (AvgIpc) is 3.75. The molecule has 3 aromatic rings. The summed E-state index contributed by atoms with van der Waals surface area (Å²) in [6, 6.07) is 18.3. The second-order valence-corrected chi connectivity index (χ2v) is 9.80. The van der Waals surface area contributed by atoms with E-state index < -0.39 is 18.1 Å². The molecule has 1 amide bonds. The van der Waals surface area contributed by atoms with Gasteiger partial charge >= 0.3 is 5.97 Å². The van der Waals surface area contributed by atoms with E-state index in [0.29, 0.717) is 53.7 Å². The van der Waals surface area contributed by atoms with Gasteiger partial charge in [0.15, 0.2) is 0 Å². The van der Waals surface area contributed by atoms with Gasteiger partial charge in [0.25, 0.3) is 5.91 Å². The number of carbonyl (C=O) groups is 2. The summed E-state index contributed by atoms with van der Waals surface area (Å²) in [5.74, 6) is 0.143. The number of fused-ring (bicyclic) bond motifs is 1. The van der Waals surface area contributed by atoms with Crippen LogP contribution in [0, 0.1) is 0 Å². The summed E-state index contributed by atoms with van der Waals surface area (Å²) in [7, 11) is 1.57. The van der Waals surface area contributed by atoms with Gasteiger partial charge < -0.3 is 24.6 Å². The molecule has 0 bridgehead atoms. The van der Waals surface area contributed by atoms with Gasteiger partial charge in [0.1, 0.15) is 23.5 Å². The second kappa shape index (κ2) is 10.8. The molecule has 3 aromatic carbocycles. The number of carboxylic acids is 1. The molecule has 5 rings (SSSR count). The summed E-state index contributed by atoms with van der Waals surface area (Å²) in [5.41, 5.74) is 3.47. The molecule has 2 atom stereocenters. The third-order valence-corrected chi connectivity index (χ3v) is 7.07. The zero-order chi connectivity index (χ0) is 25.9. The van der Waals surface area contributed by atoms with Crippen molar-refractivity contribution < 1.29 is 28.9 Å². The molecular formula is C29H28ClNO6. The third kappa shape index (κ3) is 5.89.